The minimum Gasteiger partial charge on any atom is -0.450 e. The monoisotopic (exact) mass is 1010 g/mol. The van der Waals surface area contributed by atoms with E-state index >= 15 is 0 Å². The van der Waals surface area contributed by atoms with Crippen LogP contribution in [0.25, 0.3) is 0 Å². The molecule has 2 aromatic rings. The second-order valence-electron chi connectivity index (χ2n) is 23.3. The van der Waals surface area contributed by atoms with Gasteiger partial charge in [0.2, 0.25) is 0 Å². The van der Waals surface area contributed by atoms with Gasteiger partial charge in [0, 0.05) is 33.8 Å². The van der Waals surface area contributed by atoms with Crippen molar-refractivity contribution in [3.8, 4) is 11.5 Å². The van der Waals surface area contributed by atoms with Gasteiger partial charge < -0.3 is 9.47 Å². The number of rotatable bonds is 42. The van der Waals surface area contributed by atoms with E-state index in [9.17, 15) is 0 Å². The summed E-state index contributed by atoms with van der Waals surface area (Å²) in [6, 6.07) is 9.15. The van der Waals surface area contributed by atoms with E-state index in [2.05, 4.69) is 93.5 Å². The maximum Gasteiger partial charge on any atom is 0.167 e. The molecule has 0 aromatic heterocycles. The number of thiocarbonyl (C=S) groups is 2. The maximum atomic E-state index is 6.51. The molecule has 0 radical (unpaired) electrons. The highest BCUT2D eigenvalue weighted by Crippen LogP contribution is 2.43. The summed E-state index contributed by atoms with van der Waals surface area (Å²) in [6.45, 7) is 22.7. The van der Waals surface area contributed by atoms with Crippen LogP contribution in [0, 0.1) is 13.8 Å². The molecule has 0 unspecified atom stereocenters. The smallest absolute Gasteiger partial charge is 0.167 e. The molecule has 396 valence electrons. The van der Waals surface area contributed by atoms with Gasteiger partial charge in [-0.2, -0.15) is 0 Å². The molecule has 5 heteroatoms. The second-order valence-corrected chi connectivity index (χ2v) is 25.3. The molecule has 69 heavy (non-hydrogen) atoms. The fourth-order valence-corrected chi connectivity index (χ4v) is 11.2. The number of unbranched alkanes of at least 4 members (excludes halogenated alkanes) is 34. The average Bonchev–Trinajstić information content (AvgIpc) is 3.29. The molecule has 2 nitrogen and oxygen atoms in total. The fourth-order valence-electron chi connectivity index (χ4n) is 9.69. The summed E-state index contributed by atoms with van der Waals surface area (Å²) in [5.74, 6) is 1.83. The first-order chi connectivity index (χ1) is 33.2. The SMILES string of the molecule is CCCCCCCCCCCCCCCCCCCCC(=S)Oc1cc(C)c(Sc2cc(C(C)(C)C)c(OC(=S)CCCCCCCCCCCCCCCCCCCC)cc2C)cc1C(C)(C)C. The van der Waals surface area contributed by atoms with Crippen LogP contribution in [0.2, 0.25) is 0 Å². The molecule has 0 spiro atoms. The zero-order valence-corrected chi connectivity index (χ0v) is 49.7. The van der Waals surface area contributed by atoms with Crippen LogP contribution in [-0.4, -0.2) is 10.1 Å². The van der Waals surface area contributed by atoms with Crippen molar-refractivity contribution >= 4 is 46.3 Å². The Morgan fingerprint density at radius 1 is 0.362 bits per heavy atom. The number of hydrogen-bond donors (Lipinski definition) is 0. The fraction of sp³-hybridized carbons (Fsp3) is 0.781. The van der Waals surface area contributed by atoms with Gasteiger partial charge in [0.25, 0.3) is 0 Å². The van der Waals surface area contributed by atoms with Gasteiger partial charge in [0.15, 0.2) is 10.1 Å². The quantitative estimate of drug-likeness (QED) is 0.0486. The Labute approximate surface area is 445 Å². The van der Waals surface area contributed by atoms with E-state index in [1.54, 1.807) is 0 Å². The van der Waals surface area contributed by atoms with Gasteiger partial charge >= 0.3 is 0 Å². The first-order valence-corrected chi connectivity index (χ1v) is 31.2. The van der Waals surface area contributed by atoms with Crippen molar-refractivity contribution < 1.29 is 9.47 Å². The Morgan fingerprint density at radius 3 is 0.797 bits per heavy atom. The van der Waals surface area contributed by atoms with Crippen LogP contribution < -0.4 is 9.47 Å². The van der Waals surface area contributed by atoms with Crippen molar-refractivity contribution in [2.75, 3.05) is 0 Å². The Morgan fingerprint density at radius 2 is 0.580 bits per heavy atom. The molecule has 0 atom stereocenters. The Balaban J connectivity index is 1.75. The van der Waals surface area contributed by atoms with E-state index in [1.165, 1.54) is 250 Å². The van der Waals surface area contributed by atoms with Crippen molar-refractivity contribution in [1.29, 1.82) is 0 Å². The largest absolute Gasteiger partial charge is 0.450 e. The molecule has 2 aromatic carbocycles. The van der Waals surface area contributed by atoms with Gasteiger partial charge in [-0.1, -0.05) is 285 Å². The lowest BCUT2D eigenvalue weighted by molar-refractivity contribution is 0.493. The number of ether oxygens (including phenoxy) is 2. The van der Waals surface area contributed by atoms with Crippen molar-refractivity contribution in [1.82, 2.24) is 0 Å². The lowest BCUT2D eigenvalue weighted by Crippen LogP contribution is -2.16. The van der Waals surface area contributed by atoms with Gasteiger partial charge in [-0.15, -0.1) is 0 Å². The van der Waals surface area contributed by atoms with Crippen molar-refractivity contribution in [3.05, 3.63) is 46.5 Å². The summed E-state index contributed by atoms with van der Waals surface area (Å²) in [5.41, 5.74) is 4.64. The molecule has 0 fully saturated rings. The van der Waals surface area contributed by atoms with Gasteiger partial charge in [0.1, 0.15) is 11.5 Å². The molecular weight excluding hydrogens is 897 g/mol. The molecular formula is C64H110O2S3. The zero-order valence-electron chi connectivity index (χ0n) is 47.2. The third kappa shape index (κ3) is 31.0. The molecule has 0 aliphatic heterocycles. The normalized spacial score (nSPS) is 12.0. The van der Waals surface area contributed by atoms with Crippen LogP contribution >= 0.6 is 36.2 Å². The average molecular weight is 1010 g/mol. The van der Waals surface area contributed by atoms with Crippen LogP contribution in [0.4, 0.5) is 0 Å². The van der Waals surface area contributed by atoms with E-state index in [1.807, 2.05) is 11.8 Å². The van der Waals surface area contributed by atoms with E-state index in [4.69, 9.17) is 33.9 Å². The summed E-state index contributed by atoms with van der Waals surface area (Å²) in [6.07, 6.45) is 51.5. The first-order valence-electron chi connectivity index (χ1n) is 29.6. The van der Waals surface area contributed by atoms with Crippen molar-refractivity contribution in [2.45, 2.75) is 334 Å². The Bertz CT molecular complexity index is 1510. The van der Waals surface area contributed by atoms with E-state index in [0.29, 0.717) is 0 Å². The van der Waals surface area contributed by atoms with Crippen LogP contribution in [-0.2, 0) is 10.8 Å². The van der Waals surface area contributed by atoms with E-state index in [0.717, 1.165) is 47.3 Å². The van der Waals surface area contributed by atoms with Gasteiger partial charge in [-0.25, -0.2) is 0 Å². The highest BCUT2D eigenvalue weighted by atomic mass is 32.2. The van der Waals surface area contributed by atoms with Gasteiger partial charge in [0.05, 0.1) is 0 Å². The first kappa shape index (κ1) is 63.7. The molecule has 0 N–H and O–H groups in total. The lowest BCUT2D eigenvalue weighted by Gasteiger charge is -2.26. The summed E-state index contributed by atoms with van der Waals surface area (Å²) in [7, 11) is 0. The van der Waals surface area contributed by atoms with E-state index < -0.39 is 0 Å². The lowest BCUT2D eigenvalue weighted by atomic mass is 9.85. The topological polar surface area (TPSA) is 18.5 Å². The van der Waals surface area contributed by atoms with Crippen LogP contribution in [0.15, 0.2) is 34.1 Å². The summed E-state index contributed by atoms with van der Waals surface area (Å²) in [4.78, 5) is 2.51. The van der Waals surface area contributed by atoms with E-state index in [-0.39, 0.29) is 10.8 Å². The molecule has 2 rings (SSSR count). The number of aryl methyl sites for hydroxylation is 2. The van der Waals surface area contributed by atoms with Crippen LogP contribution in [0.1, 0.15) is 322 Å². The van der Waals surface area contributed by atoms with Crippen LogP contribution in [0.3, 0.4) is 0 Å². The van der Waals surface area contributed by atoms with Gasteiger partial charge in [-0.3, -0.25) is 0 Å². The number of benzene rings is 2. The molecule has 0 saturated carbocycles. The predicted octanol–water partition coefficient (Wildman–Crippen LogP) is 23.3. The Hall–Kier alpha value is -1.43. The molecule has 0 saturated heterocycles. The van der Waals surface area contributed by atoms with Crippen molar-refractivity contribution in [2.24, 2.45) is 0 Å². The zero-order chi connectivity index (χ0) is 50.6. The van der Waals surface area contributed by atoms with Gasteiger partial charge in [-0.05, 0) is 97.3 Å². The van der Waals surface area contributed by atoms with Crippen LogP contribution in [0.5, 0.6) is 11.5 Å². The summed E-state index contributed by atoms with van der Waals surface area (Å²) >= 11 is 13.6. The molecule has 0 aliphatic rings. The summed E-state index contributed by atoms with van der Waals surface area (Å²) < 4.78 is 13.0. The molecule has 0 amide bonds. The molecule has 0 aliphatic carbocycles. The highest BCUT2D eigenvalue weighted by Gasteiger charge is 2.25. The third-order valence-corrected chi connectivity index (χ3v) is 16.2. The minimum absolute atomic E-state index is 0.0908. The van der Waals surface area contributed by atoms with Crippen molar-refractivity contribution in [3.63, 3.8) is 0 Å². The minimum atomic E-state index is -0.0908. The highest BCUT2D eigenvalue weighted by molar-refractivity contribution is 7.99. The molecule has 0 bridgehead atoms. The summed E-state index contributed by atoms with van der Waals surface area (Å²) in [5, 5.41) is 1.44. The standard InChI is InChI=1S/C64H110O2S3/c1-11-13-15-17-19-21-23-25-27-29-31-33-35-37-39-41-43-45-47-61(67)65-57-49-53(3)59(51-55(57)63(5,6)7)69-60-52-56(64(8,9)10)58(50-54(60)4)66-62(68)48-46-44-42-40-38-36-34-32-30-28-26-24-22-20-18-16-14-12-2/h49-52H,11-48H2,1-10H3. The second kappa shape index (κ2) is 39.1. The predicted molar refractivity (Wildman–Crippen MR) is 317 cm³/mol. The molecule has 0 heterocycles. The number of hydrogen-bond acceptors (Lipinski definition) is 5. The Kier molecular flexibility index (Phi) is 36.1. The third-order valence-electron chi connectivity index (χ3n) is 14.3. The maximum absolute atomic E-state index is 6.51.